The van der Waals surface area contributed by atoms with Crippen molar-refractivity contribution >= 4 is 11.6 Å². The summed E-state index contributed by atoms with van der Waals surface area (Å²) in [7, 11) is 0. The van der Waals surface area contributed by atoms with E-state index in [-0.39, 0.29) is 5.91 Å². The fourth-order valence-corrected chi connectivity index (χ4v) is 2.58. The first-order valence-corrected chi connectivity index (χ1v) is 9.54. The van der Waals surface area contributed by atoms with Gasteiger partial charge in [-0.25, -0.2) is 0 Å². The predicted octanol–water partition coefficient (Wildman–Crippen LogP) is 4.48. The first-order valence-electron chi connectivity index (χ1n) is 9.54. The average Bonchev–Trinajstić information content (AvgIpc) is 2.66. The van der Waals surface area contributed by atoms with Crippen LogP contribution in [0.4, 0.5) is 5.69 Å². The lowest BCUT2D eigenvalue weighted by Crippen LogP contribution is -2.27. The van der Waals surface area contributed by atoms with Gasteiger partial charge in [0.1, 0.15) is 0 Å². The van der Waals surface area contributed by atoms with Gasteiger partial charge in [-0.3, -0.25) is 4.79 Å². The van der Waals surface area contributed by atoms with E-state index in [1.807, 2.05) is 56.3 Å². The van der Waals surface area contributed by atoms with Crippen molar-refractivity contribution in [2.75, 3.05) is 25.1 Å². The molecule has 2 aromatic rings. The molecule has 0 unspecified atom stereocenters. The lowest BCUT2D eigenvalue weighted by atomic mass is 10.1. The third kappa shape index (κ3) is 6.51. The molecule has 0 aromatic heterocycles. The summed E-state index contributed by atoms with van der Waals surface area (Å²) in [6.07, 6.45) is 0. The number of ether oxygens (including phenoxy) is 2. The zero-order chi connectivity index (χ0) is 19.6. The Labute approximate surface area is 162 Å². The van der Waals surface area contributed by atoms with Crippen molar-refractivity contribution in [2.24, 2.45) is 5.92 Å². The van der Waals surface area contributed by atoms with E-state index in [0.29, 0.717) is 37.8 Å². The van der Waals surface area contributed by atoms with Crippen molar-refractivity contribution in [1.82, 2.24) is 5.32 Å². The summed E-state index contributed by atoms with van der Waals surface area (Å²) < 4.78 is 11.3. The molecule has 0 heterocycles. The van der Waals surface area contributed by atoms with Gasteiger partial charge in [-0.15, -0.1) is 0 Å². The van der Waals surface area contributed by atoms with Gasteiger partial charge in [-0.05, 0) is 55.7 Å². The Morgan fingerprint density at radius 2 is 1.74 bits per heavy atom. The Kier molecular flexibility index (Phi) is 7.99. The van der Waals surface area contributed by atoms with Crippen LogP contribution < -0.4 is 20.1 Å². The quantitative estimate of drug-likeness (QED) is 0.647. The van der Waals surface area contributed by atoms with Crippen molar-refractivity contribution in [1.29, 1.82) is 0 Å². The maximum absolute atomic E-state index is 12.2. The number of nitrogens with one attached hydrogen (secondary N) is 2. The molecule has 0 bridgehead atoms. The molecule has 5 nitrogen and oxygen atoms in total. The molecule has 0 aliphatic rings. The van der Waals surface area contributed by atoms with Crippen LogP contribution in [0.15, 0.2) is 42.5 Å². The van der Waals surface area contributed by atoms with Gasteiger partial charge in [0.15, 0.2) is 11.5 Å². The summed E-state index contributed by atoms with van der Waals surface area (Å²) >= 11 is 0. The number of benzene rings is 2. The molecular weight excluding hydrogens is 340 g/mol. The molecule has 2 rings (SSSR count). The molecule has 5 heteroatoms. The van der Waals surface area contributed by atoms with E-state index in [2.05, 4.69) is 24.5 Å². The first-order chi connectivity index (χ1) is 13.0. The van der Waals surface area contributed by atoms with E-state index in [4.69, 9.17) is 9.47 Å². The molecule has 0 aliphatic carbocycles. The van der Waals surface area contributed by atoms with Gasteiger partial charge >= 0.3 is 0 Å². The van der Waals surface area contributed by atoms with Gasteiger partial charge in [-0.2, -0.15) is 0 Å². The number of hydrogen-bond donors (Lipinski definition) is 2. The molecule has 27 heavy (non-hydrogen) atoms. The van der Waals surface area contributed by atoms with E-state index >= 15 is 0 Å². The van der Waals surface area contributed by atoms with E-state index in [9.17, 15) is 4.79 Å². The number of anilines is 1. The second-order valence-electron chi connectivity index (χ2n) is 6.69. The molecule has 146 valence electrons. The minimum Gasteiger partial charge on any atom is -0.490 e. The molecule has 1 amide bonds. The highest BCUT2D eigenvalue weighted by molar-refractivity contribution is 5.95. The Morgan fingerprint density at radius 1 is 1.00 bits per heavy atom. The third-order valence-electron chi connectivity index (χ3n) is 3.90. The Bertz CT molecular complexity index is 744. The molecule has 2 N–H and O–H groups in total. The summed E-state index contributed by atoms with van der Waals surface area (Å²) in [6.45, 7) is 10.5. The van der Waals surface area contributed by atoms with Crippen molar-refractivity contribution in [3.8, 4) is 11.5 Å². The third-order valence-corrected chi connectivity index (χ3v) is 3.90. The fourth-order valence-electron chi connectivity index (χ4n) is 2.58. The summed E-state index contributed by atoms with van der Waals surface area (Å²) in [4.78, 5) is 12.2. The van der Waals surface area contributed by atoms with Gasteiger partial charge in [0.25, 0.3) is 5.91 Å². The highest BCUT2D eigenvalue weighted by Gasteiger charge is 2.08. The van der Waals surface area contributed by atoms with Crippen LogP contribution in [0.1, 0.15) is 43.6 Å². The minimum atomic E-state index is -0.0490. The van der Waals surface area contributed by atoms with Crippen LogP contribution in [-0.4, -0.2) is 25.7 Å². The molecule has 0 fully saturated rings. The number of rotatable bonds is 10. The van der Waals surface area contributed by atoms with Crippen LogP contribution in [0.25, 0.3) is 0 Å². The van der Waals surface area contributed by atoms with Crippen LogP contribution in [0.2, 0.25) is 0 Å². The maximum atomic E-state index is 12.2. The Hall–Kier alpha value is -2.69. The Balaban J connectivity index is 2.03. The smallest absolute Gasteiger partial charge is 0.251 e. The van der Waals surface area contributed by atoms with Gasteiger partial charge in [0.05, 0.1) is 13.2 Å². The molecule has 0 saturated heterocycles. The molecule has 0 spiro atoms. The largest absolute Gasteiger partial charge is 0.490 e. The molecule has 2 aromatic carbocycles. The standard InChI is InChI=1S/C22H30N2O3/c1-5-26-20-11-10-17(12-21(20)27-6-2)15-23-19-9-7-8-18(13-19)22(25)24-14-16(3)4/h7-13,16,23H,5-6,14-15H2,1-4H3,(H,24,25). The second-order valence-corrected chi connectivity index (χ2v) is 6.69. The summed E-state index contributed by atoms with van der Waals surface area (Å²) in [5, 5.41) is 6.31. The molecule has 0 radical (unpaired) electrons. The highest BCUT2D eigenvalue weighted by Crippen LogP contribution is 2.28. The summed E-state index contributed by atoms with van der Waals surface area (Å²) in [5.41, 5.74) is 2.64. The van der Waals surface area contributed by atoms with Crippen molar-refractivity contribution < 1.29 is 14.3 Å². The summed E-state index contributed by atoms with van der Waals surface area (Å²) in [5.74, 6) is 1.88. The zero-order valence-electron chi connectivity index (χ0n) is 16.7. The van der Waals surface area contributed by atoms with Gasteiger partial charge in [0, 0.05) is 24.3 Å². The van der Waals surface area contributed by atoms with E-state index in [1.54, 1.807) is 0 Å². The van der Waals surface area contributed by atoms with Crippen LogP contribution in [0.3, 0.4) is 0 Å². The normalized spacial score (nSPS) is 10.6. The van der Waals surface area contributed by atoms with Gasteiger partial charge in [-0.1, -0.05) is 26.0 Å². The van der Waals surface area contributed by atoms with Crippen LogP contribution in [0, 0.1) is 5.92 Å². The number of carbonyl (C=O) groups is 1. The van der Waals surface area contributed by atoms with Crippen LogP contribution >= 0.6 is 0 Å². The van der Waals surface area contributed by atoms with Crippen molar-refractivity contribution in [3.05, 3.63) is 53.6 Å². The van der Waals surface area contributed by atoms with E-state index < -0.39 is 0 Å². The van der Waals surface area contributed by atoms with Crippen LogP contribution in [-0.2, 0) is 6.54 Å². The van der Waals surface area contributed by atoms with Crippen molar-refractivity contribution in [2.45, 2.75) is 34.2 Å². The first kappa shape index (κ1) is 20.6. The topological polar surface area (TPSA) is 59.6 Å². The second kappa shape index (κ2) is 10.5. The number of carbonyl (C=O) groups excluding carboxylic acids is 1. The molecular formula is C22H30N2O3. The van der Waals surface area contributed by atoms with Crippen LogP contribution in [0.5, 0.6) is 11.5 Å². The number of hydrogen-bond acceptors (Lipinski definition) is 4. The highest BCUT2D eigenvalue weighted by atomic mass is 16.5. The maximum Gasteiger partial charge on any atom is 0.251 e. The van der Waals surface area contributed by atoms with Gasteiger partial charge in [0.2, 0.25) is 0 Å². The minimum absolute atomic E-state index is 0.0490. The fraction of sp³-hybridized carbons (Fsp3) is 0.409. The molecule has 0 saturated carbocycles. The predicted molar refractivity (Wildman–Crippen MR) is 110 cm³/mol. The lowest BCUT2D eigenvalue weighted by molar-refractivity contribution is 0.0949. The number of amides is 1. The molecule has 0 aliphatic heterocycles. The van der Waals surface area contributed by atoms with Crippen molar-refractivity contribution in [3.63, 3.8) is 0 Å². The zero-order valence-corrected chi connectivity index (χ0v) is 16.7. The monoisotopic (exact) mass is 370 g/mol. The average molecular weight is 370 g/mol. The lowest BCUT2D eigenvalue weighted by Gasteiger charge is -2.13. The SMILES string of the molecule is CCOc1ccc(CNc2cccc(C(=O)NCC(C)C)c2)cc1OCC. The van der Waals surface area contributed by atoms with E-state index in [1.165, 1.54) is 0 Å². The summed E-state index contributed by atoms with van der Waals surface area (Å²) in [6, 6.07) is 13.5. The molecule has 0 atom stereocenters. The van der Waals surface area contributed by atoms with Gasteiger partial charge < -0.3 is 20.1 Å². The Morgan fingerprint density at radius 3 is 2.44 bits per heavy atom. The van der Waals surface area contributed by atoms with E-state index in [0.717, 1.165) is 22.7 Å².